The lowest BCUT2D eigenvalue weighted by Crippen LogP contribution is -2.31. The molecule has 3 heterocycles. The summed E-state index contributed by atoms with van der Waals surface area (Å²) in [5.74, 6) is 1.09. The number of allylic oxidation sites excluding steroid dienone is 1. The first-order valence-corrected chi connectivity index (χ1v) is 6.51. The van der Waals surface area contributed by atoms with Crippen molar-refractivity contribution in [2.45, 2.75) is 36.9 Å². The molecule has 1 aliphatic carbocycles. The van der Waals surface area contributed by atoms with E-state index in [-0.39, 0.29) is 0 Å². The Balaban J connectivity index is 2.03. The molecule has 3 aliphatic heterocycles. The fourth-order valence-electron chi connectivity index (χ4n) is 3.30. The fourth-order valence-corrected chi connectivity index (χ4v) is 10.0. The highest BCUT2D eigenvalue weighted by atomic mass is 28.3. The van der Waals surface area contributed by atoms with E-state index >= 15 is 0 Å². The first-order valence-electron chi connectivity index (χ1n) is 4.28. The Hall–Kier alpha value is -0.0431. The summed E-state index contributed by atoms with van der Waals surface area (Å²) < 4.78 is 0. The van der Waals surface area contributed by atoms with Crippen molar-refractivity contribution in [2.75, 3.05) is 0 Å². The first kappa shape index (κ1) is 5.59. The lowest BCUT2D eigenvalue weighted by Gasteiger charge is -2.30. The third-order valence-corrected chi connectivity index (χ3v) is 10.6. The van der Waals surface area contributed by atoms with Gasteiger partial charge in [0.25, 0.3) is 0 Å². The van der Waals surface area contributed by atoms with Crippen LogP contribution in [0.2, 0.25) is 16.1 Å². The standard InChI is InChI=1S/C9H14Si/c1-9(2,3)10-5-4-6-7(10)8(6)10/h4-8H,1-3H3. The summed E-state index contributed by atoms with van der Waals surface area (Å²) in [4.78, 5) is 0. The van der Waals surface area contributed by atoms with Crippen molar-refractivity contribution in [3.05, 3.63) is 11.8 Å². The van der Waals surface area contributed by atoms with Crippen molar-refractivity contribution in [2.24, 2.45) is 5.92 Å². The average molecular weight is 150 g/mol. The van der Waals surface area contributed by atoms with Gasteiger partial charge in [0.15, 0.2) is 0 Å². The van der Waals surface area contributed by atoms with Crippen molar-refractivity contribution in [3.8, 4) is 0 Å². The third-order valence-electron chi connectivity index (χ3n) is 3.96. The van der Waals surface area contributed by atoms with Gasteiger partial charge in [0, 0.05) is 0 Å². The average Bonchev–Trinajstić information content (AvgIpc) is 2.53. The zero-order valence-corrected chi connectivity index (χ0v) is 7.89. The van der Waals surface area contributed by atoms with Crippen molar-refractivity contribution in [1.29, 1.82) is 0 Å². The van der Waals surface area contributed by atoms with E-state index in [0.717, 1.165) is 5.92 Å². The van der Waals surface area contributed by atoms with Gasteiger partial charge >= 0.3 is 0 Å². The Morgan fingerprint density at radius 3 is 2.00 bits per heavy atom. The summed E-state index contributed by atoms with van der Waals surface area (Å²) in [6.07, 6.45) is 2.51. The second kappa shape index (κ2) is 1.08. The van der Waals surface area contributed by atoms with E-state index in [0.29, 0.717) is 5.04 Å². The van der Waals surface area contributed by atoms with Crippen LogP contribution < -0.4 is 0 Å². The van der Waals surface area contributed by atoms with Gasteiger partial charge in [-0.2, -0.15) is 0 Å². The summed E-state index contributed by atoms with van der Waals surface area (Å²) in [6, 6.07) is 0. The van der Waals surface area contributed by atoms with Gasteiger partial charge in [-0.05, 0) is 22.0 Å². The van der Waals surface area contributed by atoms with Crippen LogP contribution >= 0.6 is 0 Å². The van der Waals surface area contributed by atoms with Crippen LogP contribution in [0.5, 0.6) is 0 Å². The summed E-state index contributed by atoms with van der Waals surface area (Å²) in [6.45, 7) is 7.33. The predicted octanol–water partition coefficient (Wildman–Crippen LogP) is 2.73. The molecule has 0 nitrogen and oxygen atoms in total. The molecule has 2 unspecified atom stereocenters. The normalized spacial score (nSPS) is 60.5. The molecule has 2 bridgehead atoms. The van der Waals surface area contributed by atoms with E-state index in [2.05, 4.69) is 32.5 Å². The van der Waals surface area contributed by atoms with Gasteiger partial charge in [0.05, 0.1) is 8.07 Å². The summed E-state index contributed by atoms with van der Waals surface area (Å²) in [7, 11) is -0.742. The molecule has 2 atom stereocenters. The quantitative estimate of drug-likeness (QED) is 0.466. The number of rotatable bonds is 0. The van der Waals surface area contributed by atoms with E-state index in [1.165, 1.54) is 11.1 Å². The molecule has 0 aromatic carbocycles. The molecule has 10 heavy (non-hydrogen) atoms. The highest BCUT2D eigenvalue weighted by molar-refractivity contribution is 7.04. The molecule has 4 rings (SSSR count). The van der Waals surface area contributed by atoms with Gasteiger partial charge in [-0.25, -0.2) is 0 Å². The monoisotopic (exact) mass is 150 g/mol. The van der Waals surface area contributed by atoms with Gasteiger partial charge in [0.1, 0.15) is 0 Å². The Kier molecular flexibility index (Phi) is 0.601. The van der Waals surface area contributed by atoms with Crippen LogP contribution in [0, 0.1) is 5.92 Å². The topological polar surface area (TPSA) is 0 Å². The fraction of sp³-hybridized carbons (Fsp3) is 0.778. The van der Waals surface area contributed by atoms with E-state index in [4.69, 9.17) is 0 Å². The SMILES string of the molecule is CC(C)(C)[Si]12C=CC3C1C32. The van der Waals surface area contributed by atoms with Crippen molar-refractivity contribution < 1.29 is 0 Å². The highest BCUT2D eigenvalue weighted by Gasteiger charge is 2.88. The molecule has 2 fully saturated rings. The Bertz CT molecular complexity index is 224. The van der Waals surface area contributed by atoms with Gasteiger partial charge in [-0.1, -0.05) is 32.5 Å². The molecule has 0 aromatic heterocycles. The maximum atomic E-state index is 2.63. The minimum atomic E-state index is -0.742. The largest absolute Gasteiger partial charge is 0.0968 e. The maximum Gasteiger partial charge on any atom is 0.0900 e. The van der Waals surface area contributed by atoms with E-state index < -0.39 is 8.07 Å². The number of hydrogen-bond acceptors (Lipinski definition) is 0. The number of hydrogen-bond donors (Lipinski definition) is 0. The van der Waals surface area contributed by atoms with Crippen molar-refractivity contribution in [3.63, 3.8) is 0 Å². The Morgan fingerprint density at radius 1 is 1.20 bits per heavy atom. The maximum absolute atomic E-state index is 2.63. The zero-order valence-electron chi connectivity index (χ0n) is 6.89. The van der Waals surface area contributed by atoms with E-state index in [9.17, 15) is 0 Å². The Labute approximate surface area is 63.3 Å². The Morgan fingerprint density at radius 2 is 1.80 bits per heavy atom. The lowest BCUT2D eigenvalue weighted by molar-refractivity contribution is 0.722. The summed E-state index contributed by atoms with van der Waals surface area (Å²) in [5.41, 5.74) is 5.09. The molecule has 0 N–H and O–H groups in total. The van der Waals surface area contributed by atoms with Crippen LogP contribution in [0.3, 0.4) is 0 Å². The van der Waals surface area contributed by atoms with Gasteiger partial charge in [0.2, 0.25) is 0 Å². The summed E-state index contributed by atoms with van der Waals surface area (Å²) >= 11 is 0. The smallest absolute Gasteiger partial charge is 0.0900 e. The molecule has 54 valence electrons. The van der Waals surface area contributed by atoms with Crippen LogP contribution in [0.1, 0.15) is 20.8 Å². The molecule has 1 saturated heterocycles. The molecule has 0 spiro atoms. The van der Waals surface area contributed by atoms with E-state index in [1.807, 2.05) is 0 Å². The molecule has 0 amide bonds. The second-order valence-corrected chi connectivity index (χ2v) is 10.2. The van der Waals surface area contributed by atoms with Crippen LogP contribution in [0.15, 0.2) is 11.8 Å². The second-order valence-electron chi connectivity index (χ2n) is 5.17. The van der Waals surface area contributed by atoms with Crippen LogP contribution in [0.4, 0.5) is 0 Å². The van der Waals surface area contributed by atoms with E-state index in [1.54, 1.807) is 0 Å². The zero-order chi connectivity index (χ0) is 7.15. The van der Waals surface area contributed by atoms with Crippen LogP contribution in [-0.4, -0.2) is 8.07 Å². The first-order chi connectivity index (χ1) is 4.59. The van der Waals surface area contributed by atoms with Crippen molar-refractivity contribution >= 4 is 8.07 Å². The van der Waals surface area contributed by atoms with Gasteiger partial charge < -0.3 is 0 Å². The molecule has 0 aromatic rings. The van der Waals surface area contributed by atoms with Crippen LogP contribution in [0.25, 0.3) is 0 Å². The minimum absolute atomic E-state index is 0.672. The van der Waals surface area contributed by atoms with Gasteiger partial charge in [-0.3, -0.25) is 0 Å². The molecular weight excluding hydrogens is 136 g/mol. The molecule has 4 aliphatic rings. The van der Waals surface area contributed by atoms with Gasteiger partial charge in [-0.15, -0.1) is 0 Å². The van der Waals surface area contributed by atoms with Crippen molar-refractivity contribution in [1.82, 2.24) is 0 Å². The molecule has 1 saturated carbocycles. The highest BCUT2D eigenvalue weighted by Crippen LogP contribution is 2.94. The molecular formula is C9H14Si. The minimum Gasteiger partial charge on any atom is -0.0968 e. The lowest BCUT2D eigenvalue weighted by atomic mass is 10.2. The predicted molar refractivity (Wildman–Crippen MR) is 45.6 cm³/mol. The summed E-state index contributed by atoms with van der Waals surface area (Å²) in [5, 5.41) is 0.672. The molecule has 1 heteroatoms. The molecule has 0 radical (unpaired) electrons. The van der Waals surface area contributed by atoms with Crippen LogP contribution in [-0.2, 0) is 0 Å². The third kappa shape index (κ3) is 0.315.